The van der Waals surface area contributed by atoms with Crippen molar-refractivity contribution in [1.29, 1.82) is 0 Å². The summed E-state index contributed by atoms with van der Waals surface area (Å²) >= 11 is 0. The van der Waals surface area contributed by atoms with Crippen LogP contribution >= 0.6 is 0 Å². The van der Waals surface area contributed by atoms with Gasteiger partial charge in [0.25, 0.3) is 0 Å². The third kappa shape index (κ3) is 4.84. The average molecular weight is 409 g/mol. The van der Waals surface area contributed by atoms with Crippen LogP contribution in [0.15, 0.2) is 48.5 Å². The van der Waals surface area contributed by atoms with Gasteiger partial charge in [0.2, 0.25) is 5.91 Å². The van der Waals surface area contributed by atoms with Crippen LogP contribution < -0.4 is 20.1 Å². The second kappa shape index (κ2) is 9.07. The predicted octanol–water partition coefficient (Wildman–Crippen LogP) is 3.20. The molecule has 7 nitrogen and oxygen atoms in total. The Morgan fingerprint density at radius 2 is 1.97 bits per heavy atom. The predicted molar refractivity (Wildman–Crippen MR) is 114 cm³/mol. The Balaban J connectivity index is 1.27. The SMILES string of the molecule is Cc1cccc(NC(=O)N2CCCC(C(=O)NCC3COc4ccccc4O3)C2)c1. The third-order valence-corrected chi connectivity index (χ3v) is 5.42. The quantitative estimate of drug-likeness (QED) is 0.813. The van der Waals surface area contributed by atoms with Gasteiger partial charge < -0.3 is 25.0 Å². The van der Waals surface area contributed by atoms with Gasteiger partial charge in [-0.3, -0.25) is 4.79 Å². The molecule has 0 saturated carbocycles. The van der Waals surface area contributed by atoms with E-state index in [0.29, 0.717) is 32.0 Å². The van der Waals surface area contributed by atoms with Crippen molar-refractivity contribution in [3.05, 3.63) is 54.1 Å². The van der Waals surface area contributed by atoms with Crippen LogP contribution in [0.1, 0.15) is 18.4 Å². The zero-order valence-corrected chi connectivity index (χ0v) is 17.1. The number of hydrogen-bond donors (Lipinski definition) is 2. The number of ether oxygens (including phenoxy) is 2. The Hall–Kier alpha value is -3.22. The van der Waals surface area contributed by atoms with Crippen LogP contribution in [0, 0.1) is 12.8 Å². The number of aryl methyl sites for hydroxylation is 1. The van der Waals surface area contributed by atoms with E-state index in [4.69, 9.17) is 9.47 Å². The Bertz CT molecular complexity index is 917. The summed E-state index contributed by atoms with van der Waals surface area (Å²) in [6, 6.07) is 15.0. The number of rotatable bonds is 4. The largest absolute Gasteiger partial charge is 0.486 e. The molecular weight excluding hydrogens is 382 g/mol. The maximum atomic E-state index is 12.7. The first-order valence-electron chi connectivity index (χ1n) is 10.4. The molecule has 0 radical (unpaired) electrons. The summed E-state index contributed by atoms with van der Waals surface area (Å²) < 4.78 is 11.6. The van der Waals surface area contributed by atoms with Crippen molar-refractivity contribution in [2.75, 3.05) is 31.6 Å². The molecule has 0 aromatic heterocycles. The van der Waals surface area contributed by atoms with Crippen LogP contribution in [0.4, 0.5) is 10.5 Å². The number of anilines is 1. The number of piperidine rings is 1. The minimum Gasteiger partial charge on any atom is -0.486 e. The van der Waals surface area contributed by atoms with Crippen molar-refractivity contribution in [2.45, 2.75) is 25.9 Å². The monoisotopic (exact) mass is 409 g/mol. The van der Waals surface area contributed by atoms with E-state index in [1.807, 2.05) is 55.5 Å². The van der Waals surface area contributed by atoms with Crippen molar-refractivity contribution in [1.82, 2.24) is 10.2 Å². The smallest absolute Gasteiger partial charge is 0.321 e. The maximum Gasteiger partial charge on any atom is 0.321 e. The van der Waals surface area contributed by atoms with Crippen molar-refractivity contribution < 1.29 is 19.1 Å². The van der Waals surface area contributed by atoms with E-state index < -0.39 is 0 Å². The molecule has 2 aromatic carbocycles. The Morgan fingerprint density at radius 3 is 2.80 bits per heavy atom. The number of benzene rings is 2. The van der Waals surface area contributed by atoms with Crippen molar-refractivity contribution in [2.24, 2.45) is 5.92 Å². The Labute approximate surface area is 176 Å². The summed E-state index contributed by atoms with van der Waals surface area (Å²) in [5.74, 6) is 1.15. The van der Waals surface area contributed by atoms with Crippen molar-refractivity contribution >= 4 is 17.6 Å². The van der Waals surface area contributed by atoms with Gasteiger partial charge in [-0.1, -0.05) is 24.3 Å². The molecule has 2 aliphatic rings. The maximum absolute atomic E-state index is 12.7. The number of carbonyl (C=O) groups excluding carboxylic acids is 2. The number of likely N-dealkylation sites (tertiary alicyclic amines) is 1. The number of para-hydroxylation sites is 2. The van der Waals surface area contributed by atoms with Gasteiger partial charge in [-0.25, -0.2) is 4.79 Å². The van der Waals surface area contributed by atoms with Crippen LogP contribution in [0.25, 0.3) is 0 Å². The fourth-order valence-corrected chi connectivity index (χ4v) is 3.82. The van der Waals surface area contributed by atoms with Crippen LogP contribution in [0.5, 0.6) is 11.5 Å². The van der Waals surface area contributed by atoms with Crippen LogP contribution in [-0.4, -0.2) is 49.2 Å². The molecule has 2 aliphatic heterocycles. The molecular formula is C23H27N3O4. The molecule has 0 bridgehead atoms. The highest BCUT2D eigenvalue weighted by molar-refractivity contribution is 5.90. The number of fused-ring (bicyclic) bond motifs is 1. The van der Waals surface area contributed by atoms with Gasteiger partial charge in [-0.05, 0) is 49.6 Å². The summed E-state index contributed by atoms with van der Waals surface area (Å²) in [5, 5.41) is 5.89. The van der Waals surface area contributed by atoms with E-state index in [9.17, 15) is 9.59 Å². The summed E-state index contributed by atoms with van der Waals surface area (Å²) in [5.41, 5.74) is 1.85. The van der Waals surface area contributed by atoms with E-state index in [2.05, 4.69) is 10.6 Å². The molecule has 0 aliphatic carbocycles. The Kier molecular flexibility index (Phi) is 6.07. The number of nitrogens with zero attached hydrogens (tertiary/aromatic N) is 1. The molecule has 2 unspecified atom stereocenters. The minimum absolute atomic E-state index is 0.0504. The first-order chi connectivity index (χ1) is 14.6. The van der Waals surface area contributed by atoms with Crippen molar-refractivity contribution in [3.63, 3.8) is 0 Å². The second-order valence-electron chi connectivity index (χ2n) is 7.83. The van der Waals surface area contributed by atoms with Gasteiger partial charge in [0, 0.05) is 18.8 Å². The van der Waals surface area contributed by atoms with Gasteiger partial charge in [-0.15, -0.1) is 0 Å². The molecule has 1 fully saturated rings. The highest BCUT2D eigenvalue weighted by atomic mass is 16.6. The van der Waals surface area contributed by atoms with Crippen molar-refractivity contribution in [3.8, 4) is 11.5 Å². The van der Waals surface area contributed by atoms with E-state index >= 15 is 0 Å². The molecule has 0 spiro atoms. The average Bonchev–Trinajstić information content (AvgIpc) is 2.77. The lowest BCUT2D eigenvalue weighted by Gasteiger charge is -2.32. The summed E-state index contributed by atoms with van der Waals surface area (Å²) in [6.07, 6.45) is 1.34. The number of nitrogens with one attached hydrogen (secondary N) is 2. The number of carbonyl (C=O) groups is 2. The van der Waals surface area contributed by atoms with Gasteiger partial charge in [-0.2, -0.15) is 0 Å². The molecule has 7 heteroatoms. The number of urea groups is 1. The highest BCUT2D eigenvalue weighted by Gasteiger charge is 2.29. The van der Waals surface area contributed by atoms with Gasteiger partial charge in [0.15, 0.2) is 11.5 Å². The van der Waals surface area contributed by atoms with E-state index in [1.54, 1.807) is 4.90 Å². The first kappa shape index (κ1) is 20.1. The van der Waals surface area contributed by atoms with E-state index in [1.165, 1.54) is 0 Å². The topological polar surface area (TPSA) is 79.9 Å². The van der Waals surface area contributed by atoms with Crippen LogP contribution in [-0.2, 0) is 4.79 Å². The molecule has 2 atom stereocenters. The van der Waals surface area contributed by atoms with Crippen LogP contribution in [0.3, 0.4) is 0 Å². The zero-order valence-electron chi connectivity index (χ0n) is 17.1. The van der Waals surface area contributed by atoms with Gasteiger partial charge >= 0.3 is 6.03 Å². The lowest BCUT2D eigenvalue weighted by Crippen LogP contribution is -2.49. The molecule has 2 heterocycles. The minimum atomic E-state index is -0.229. The molecule has 30 heavy (non-hydrogen) atoms. The molecule has 3 amide bonds. The first-order valence-corrected chi connectivity index (χ1v) is 10.4. The van der Waals surface area contributed by atoms with E-state index in [0.717, 1.165) is 29.8 Å². The zero-order chi connectivity index (χ0) is 20.9. The number of hydrogen-bond acceptors (Lipinski definition) is 4. The van der Waals surface area contributed by atoms with E-state index in [-0.39, 0.29) is 24.0 Å². The standard InChI is InChI=1S/C23H27N3O4/c1-16-6-4-8-18(12-16)25-23(28)26-11-5-7-17(14-26)22(27)24-13-19-15-29-20-9-2-3-10-21(20)30-19/h2-4,6,8-10,12,17,19H,5,7,11,13-15H2,1H3,(H,24,27)(H,25,28). The highest BCUT2D eigenvalue weighted by Crippen LogP contribution is 2.30. The lowest BCUT2D eigenvalue weighted by molar-refractivity contribution is -0.126. The summed E-state index contributed by atoms with van der Waals surface area (Å²) in [6.45, 7) is 3.81. The number of amides is 3. The third-order valence-electron chi connectivity index (χ3n) is 5.42. The Morgan fingerprint density at radius 1 is 1.13 bits per heavy atom. The molecule has 1 saturated heterocycles. The lowest BCUT2D eigenvalue weighted by atomic mass is 9.97. The van der Waals surface area contributed by atoms with Gasteiger partial charge in [0.1, 0.15) is 12.7 Å². The fraction of sp³-hybridized carbons (Fsp3) is 0.391. The van der Waals surface area contributed by atoms with Crippen LogP contribution in [0.2, 0.25) is 0 Å². The van der Waals surface area contributed by atoms with Gasteiger partial charge in [0.05, 0.1) is 12.5 Å². The normalized spacial score (nSPS) is 20.4. The molecule has 2 N–H and O–H groups in total. The fourth-order valence-electron chi connectivity index (χ4n) is 3.82. The second-order valence-corrected chi connectivity index (χ2v) is 7.83. The molecule has 2 aromatic rings. The molecule has 4 rings (SSSR count). The summed E-state index contributed by atoms with van der Waals surface area (Å²) in [7, 11) is 0. The molecule has 158 valence electrons. The summed E-state index contributed by atoms with van der Waals surface area (Å²) in [4.78, 5) is 27.0.